The van der Waals surface area contributed by atoms with Gasteiger partial charge >= 0.3 is 0 Å². The van der Waals surface area contributed by atoms with Crippen molar-refractivity contribution in [3.8, 4) is 0 Å². The molecule has 0 aromatic heterocycles. The van der Waals surface area contributed by atoms with Crippen LogP contribution in [-0.2, 0) is 13.1 Å². The summed E-state index contributed by atoms with van der Waals surface area (Å²) in [5.41, 5.74) is 20.4. The molecule has 0 saturated carbocycles. The van der Waals surface area contributed by atoms with Gasteiger partial charge in [0.1, 0.15) is 0 Å². The lowest BCUT2D eigenvalue weighted by molar-refractivity contribution is 0.363. The van der Waals surface area contributed by atoms with Crippen LogP contribution in [0.25, 0.3) is 0 Å². The molecule has 2 nitrogen and oxygen atoms in total. The van der Waals surface area contributed by atoms with Crippen LogP contribution in [0.5, 0.6) is 0 Å². The topological polar surface area (TPSA) is 6.48 Å². The monoisotopic (exact) mass is 1030 g/mol. The number of nitrogens with zero attached hydrogens (tertiary/aromatic N) is 2. The normalized spacial score (nSPS) is 18.8. The van der Waals surface area contributed by atoms with E-state index in [0.717, 1.165) is 38.2 Å². The number of aryl methyl sites for hydroxylation is 12. The van der Waals surface area contributed by atoms with Gasteiger partial charge in [0.25, 0.3) is 0 Å². The van der Waals surface area contributed by atoms with Crippen molar-refractivity contribution >= 4 is 52.9 Å². The molecule has 1 heterocycles. The predicted octanol–water partition coefficient (Wildman–Crippen LogP) is 16.2. The van der Waals surface area contributed by atoms with Crippen molar-refractivity contribution in [3.05, 3.63) is 223 Å². The zero-order valence-electron chi connectivity index (χ0n) is 46.0. The minimum Gasteiger partial charge on any atom is -0.290 e. The standard InChI is InChI=1S/C60H78N2P4.C6H6/c1-43-29-47(5)57(48(6)30-43)63-25-19-26-64(58-49(7)31-44(2)32-50(58)8)41-62(38-56-23-17-14-18-24-56)42-66(60-53(11)35-46(4)36-54(60)12)28-20-27-65(59-51(9)33-45(3)34-52(59)10)40-61(39-63)37-55-21-15-13-16-22-55;1-2-4-6-5-3-1/h13-18,21-24,29-36H,19-20,25-28,37-42H2,1-12H3;1-6H/t63-,64-,65-,66+;/m0./s1. The zero-order valence-corrected chi connectivity index (χ0v) is 49.6. The van der Waals surface area contributed by atoms with E-state index < -0.39 is 31.7 Å². The fourth-order valence-corrected chi connectivity index (χ4v) is 24.2. The highest BCUT2D eigenvalue weighted by atomic mass is 31.1. The molecule has 6 heteroatoms. The summed E-state index contributed by atoms with van der Waals surface area (Å²) in [7, 11) is -1.82. The van der Waals surface area contributed by atoms with Crippen molar-refractivity contribution in [2.24, 2.45) is 0 Å². The average Bonchev–Trinajstić information content (AvgIpc) is 3.31. The Labute approximate surface area is 442 Å². The van der Waals surface area contributed by atoms with E-state index in [4.69, 9.17) is 0 Å². The largest absolute Gasteiger partial charge is 0.290 e. The first-order valence-corrected chi connectivity index (χ1v) is 33.3. The second-order valence-corrected chi connectivity index (χ2v) is 30.1. The van der Waals surface area contributed by atoms with Crippen LogP contribution in [0.15, 0.2) is 146 Å². The molecule has 0 bridgehead atoms. The van der Waals surface area contributed by atoms with Gasteiger partial charge in [-0.3, -0.25) is 9.80 Å². The van der Waals surface area contributed by atoms with E-state index in [0.29, 0.717) is 0 Å². The van der Waals surface area contributed by atoms with Crippen molar-refractivity contribution in [2.45, 2.75) is 109 Å². The van der Waals surface area contributed by atoms with E-state index in [-0.39, 0.29) is 0 Å². The Kier molecular flexibility index (Phi) is 21.1. The molecule has 7 aromatic rings. The number of hydrogen-bond acceptors (Lipinski definition) is 2. The summed E-state index contributed by atoms with van der Waals surface area (Å²) in [6.45, 7) is 30.4. The van der Waals surface area contributed by atoms with Gasteiger partial charge in [0, 0.05) is 38.2 Å². The number of hydrogen-bond donors (Lipinski definition) is 0. The minimum atomic E-state index is -0.456. The molecule has 1 fully saturated rings. The molecule has 1 aliphatic rings. The average molecular weight is 1030 g/mol. The Bertz CT molecular complexity index is 2390. The first kappa shape index (κ1) is 55.9. The summed E-state index contributed by atoms with van der Waals surface area (Å²) in [6, 6.07) is 54.6. The van der Waals surface area contributed by atoms with Crippen LogP contribution < -0.4 is 21.2 Å². The van der Waals surface area contributed by atoms with Gasteiger partial charge in [-0.05, 0) is 197 Å². The van der Waals surface area contributed by atoms with Gasteiger partial charge < -0.3 is 0 Å². The van der Waals surface area contributed by atoms with E-state index in [1.165, 1.54) is 115 Å². The summed E-state index contributed by atoms with van der Waals surface area (Å²) in [5.74, 6) is 0. The van der Waals surface area contributed by atoms with E-state index in [1.807, 2.05) is 36.4 Å². The van der Waals surface area contributed by atoms with Gasteiger partial charge in [0.05, 0.1) is 0 Å². The molecule has 72 heavy (non-hydrogen) atoms. The van der Waals surface area contributed by atoms with Gasteiger partial charge in [-0.25, -0.2) is 0 Å². The SMILES string of the molecule is Cc1cc(C)c([P@]2CCC[P@](c3c(C)cc(C)cc3C)CN(Cc3ccccc3)C[P@@](c3c(C)cc(C)cc3C)CCC[P@](c3c(C)cc(C)cc3C)CN(Cc3ccccc3)C2)c(C)c1.c1ccccc1. The van der Waals surface area contributed by atoms with Crippen LogP contribution in [-0.4, -0.2) is 59.6 Å². The van der Waals surface area contributed by atoms with Gasteiger partial charge in [0.15, 0.2) is 0 Å². The molecule has 7 aromatic carbocycles. The van der Waals surface area contributed by atoms with Gasteiger partial charge in [-0.1, -0.05) is 200 Å². The van der Waals surface area contributed by atoms with Crippen LogP contribution in [0.1, 0.15) is 90.7 Å². The highest BCUT2D eigenvalue weighted by molar-refractivity contribution is 7.68. The van der Waals surface area contributed by atoms with Crippen LogP contribution in [0.3, 0.4) is 0 Å². The fraction of sp³-hybridized carbons (Fsp3) is 0.364. The fourth-order valence-electron chi connectivity index (χ4n) is 11.9. The Balaban J connectivity index is 0.00000118. The second-order valence-electron chi connectivity index (χ2n) is 21.1. The van der Waals surface area contributed by atoms with Crippen LogP contribution in [0, 0.1) is 83.1 Å². The summed E-state index contributed by atoms with van der Waals surface area (Å²) in [6.07, 6.45) is 12.2. The molecule has 0 amide bonds. The number of rotatable bonds is 8. The van der Waals surface area contributed by atoms with Crippen molar-refractivity contribution in [2.75, 3.05) is 49.8 Å². The van der Waals surface area contributed by atoms with E-state index in [9.17, 15) is 0 Å². The molecule has 0 spiro atoms. The third-order valence-electron chi connectivity index (χ3n) is 14.2. The summed E-state index contributed by atoms with van der Waals surface area (Å²) < 4.78 is 0. The van der Waals surface area contributed by atoms with Crippen LogP contribution in [0.2, 0.25) is 0 Å². The molecule has 8 rings (SSSR count). The Morgan fingerprint density at radius 1 is 0.292 bits per heavy atom. The van der Waals surface area contributed by atoms with Gasteiger partial charge in [0.2, 0.25) is 0 Å². The van der Waals surface area contributed by atoms with E-state index >= 15 is 0 Å². The van der Waals surface area contributed by atoms with Gasteiger partial charge in [-0.15, -0.1) is 0 Å². The summed E-state index contributed by atoms with van der Waals surface area (Å²) >= 11 is 0. The maximum absolute atomic E-state index is 2.95. The third kappa shape index (κ3) is 15.6. The maximum Gasteiger partial charge on any atom is 0.0241 e. The minimum absolute atomic E-state index is 0.456. The lowest BCUT2D eigenvalue weighted by Gasteiger charge is -2.36. The van der Waals surface area contributed by atoms with Crippen molar-refractivity contribution in [1.82, 2.24) is 9.80 Å². The molecule has 0 radical (unpaired) electrons. The molecule has 1 saturated heterocycles. The van der Waals surface area contributed by atoms with Crippen LogP contribution in [0.4, 0.5) is 0 Å². The molecule has 4 atom stereocenters. The van der Waals surface area contributed by atoms with Crippen molar-refractivity contribution in [1.29, 1.82) is 0 Å². The number of benzene rings is 7. The highest BCUT2D eigenvalue weighted by Gasteiger charge is 2.29. The van der Waals surface area contributed by atoms with E-state index in [1.54, 1.807) is 21.2 Å². The second kappa shape index (κ2) is 27.1. The smallest absolute Gasteiger partial charge is 0.0241 e. The van der Waals surface area contributed by atoms with Crippen molar-refractivity contribution < 1.29 is 0 Å². The lowest BCUT2D eigenvalue weighted by Crippen LogP contribution is -2.32. The van der Waals surface area contributed by atoms with Crippen molar-refractivity contribution in [3.63, 3.8) is 0 Å². The molecular formula is C66H84N2P4. The summed E-state index contributed by atoms with van der Waals surface area (Å²) in [4.78, 5) is 5.90. The predicted molar refractivity (Wildman–Crippen MR) is 327 cm³/mol. The van der Waals surface area contributed by atoms with E-state index in [2.05, 4.69) is 202 Å². The molecule has 378 valence electrons. The maximum atomic E-state index is 2.95. The lowest BCUT2D eigenvalue weighted by atomic mass is 10.1. The van der Waals surface area contributed by atoms with Gasteiger partial charge in [-0.2, -0.15) is 0 Å². The highest BCUT2D eigenvalue weighted by Crippen LogP contribution is 2.49. The molecule has 0 N–H and O–H groups in total. The molecule has 1 aliphatic heterocycles. The summed E-state index contributed by atoms with van der Waals surface area (Å²) in [5, 5.41) is 6.64. The Hall–Kier alpha value is -3.82. The third-order valence-corrected chi connectivity index (χ3v) is 25.9. The quantitative estimate of drug-likeness (QED) is 0.140. The molecular weight excluding hydrogens is 945 g/mol. The molecule has 0 aliphatic carbocycles. The first-order valence-electron chi connectivity index (χ1n) is 26.5. The first-order chi connectivity index (χ1) is 34.6. The Morgan fingerprint density at radius 3 is 0.694 bits per heavy atom. The van der Waals surface area contributed by atoms with Crippen LogP contribution >= 0.6 is 31.7 Å². The zero-order chi connectivity index (χ0) is 51.3. The molecule has 0 unspecified atom stereocenters. The Morgan fingerprint density at radius 2 is 0.486 bits per heavy atom.